The molecular weight excluding hydrogens is 737 g/mol. The molecule has 0 spiro atoms. The summed E-state index contributed by atoms with van der Waals surface area (Å²) in [4.78, 5) is 4.85. The molecule has 1 saturated carbocycles. The maximum absolute atomic E-state index is 2.50. The molecule has 0 aromatic heterocycles. The second kappa shape index (κ2) is 17.6. The predicted octanol–water partition coefficient (Wildman–Crippen LogP) is 17.3. The van der Waals surface area contributed by atoms with E-state index in [1.165, 1.54) is 113 Å². The molecule has 0 N–H and O–H groups in total. The van der Waals surface area contributed by atoms with Crippen LogP contribution in [0.4, 0.5) is 34.1 Å². The number of benzene rings is 7. The van der Waals surface area contributed by atoms with Crippen LogP contribution in [0.2, 0.25) is 0 Å². The molecule has 7 aromatic rings. The lowest BCUT2D eigenvalue weighted by Crippen LogP contribution is -2.27. The van der Waals surface area contributed by atoms with Crippen LogP contribution in [0.1, 0.15) is 126 Å². The van der Waals surface area contributed by atoms with E-state index >= 15 is 0 Å². The van der Waals surface area contributed by atoms with Crippen molar-refractivity contribution in [3.63, 3.8) is 0 Å². The van der Waals surface area contributed by atoms with Gasteiger partial charge in [-0.2, -0.15) is 0 Å². The normalized spacial score (nSPS) is 15.4. The van der Waals surface area contributed by atoms with Crippen LogP contribution in [0.25, 0.3) is 11.1 Å². The minimum atomic E-state index is -0.105. The van der Waals surface area contributed by atoms with Crippen molar-refractivity contribution in [1.82, 2.24) is 0 Å². The lowest BCUT2D eigenvalue weighted by molar-refractivity contribution is 0.431. The lowest BCUT2D eigenvalue weighted by atomic mass is 9.69. The van der Waals surface area contributed by atoms with E-state index in [9.17, 15) is 0 Å². The van der Waals surface area contributed by atoms with Crippen molar-refractivity contribution in [3.8, 4) is 11.1 Å². The highest BCUT2D eigenvalue weighted by Gasteiger charge is 2.36. The summed E-state index contributed by atoms with van der Waals surface area (Å²) < 4.78 is 0. The number of anilines is 6. The van der Waals surface area contributed by atoms with Gasteiger partial charge in [0.1, 0.15) is 0 Å². The molecule has 1 atom stereocenters. The molecule has 61 heavy (non-hydrogen) atoms. The smallest absolute Gasteiger partial charge is 0.0465 e. The van der Waals surface area contributed by atoms with E-state index in [2.05, 4.69) is 213 Å². The second-order valence-electron chi connectivity index (χ2n) is 18.2. The summed E-state index contributed by atoms with van der Waals surface area (Å²) in [6.07, 6.45) is 12.5. The fraction of sp³-hybridized carbons (Fsp3) is 0.288. The molecule has 0 amide bonds. The predicted molar refractivity (Wildman–Crippen MR) is 261 cm³/mol. The van der Waals surface area contributed by atoms with E-state index in [-0.39, 0.29) is 10.8 Å². The zero-order chi connectivity index (χ0) is 41.8. The zero-order valence-electron chi connectivity index (χ0n) is 36.8. The number of rotatable bonds is 14. The van der Waals surface area contributed by atoms with Gasteiger partial charge in [0, 0.05) is 45.0 Å². The van der Waals surface area contributed by atoms with Crippen molar-refractivity contribution in [3.05, 3.63) is 204 Å². The van der Waals surface area contributed by atoms with Crippen LogP contribution in [0, 0.1) is 0 Å². The van der Waals surface area contributed by atoms with Crippen molar-refractivity contribution < 1.29 is 0 Å². The summed E-state index contributed by atoms with van der Waals surface area (Å²) in [5.41, 5.74) is 16.7. The van der Waals surface area contributed by atoms with E-state index in [4.69, 9.17) is 0 Å². The molecule has 0 bridgehead atoms. The summed E-state index contributed by atoms with van der Waals surface area (Å²) in [5, 5.41) is 0. The van der Waals surface area contributed by atoms with Crippen LogP contribution >= 0.6 is 0 Å². The first kappa shape index (κ1) is 40.5. The number of fused-ring (bicyclic) bond motifs is 3. The summed E-state index contributed by atoms with van der Waals surface area (Å²) in [5.74, 6) is 0.679. The van der Waals surface area contributed by atoms with Gasteiger partial charge in [-0.3, -0.25) is 0 Å². The average Bonchev–Trinajstić information content (AvgIpc) is 3.55. The second-order valence-corrected chi connectivity index (χ2v) is 18.2. The first-order valence-electron chi connectivity index (χ1n) is 23.2. The van der Waals surface area contributed by atoms with Crippen LogP contribution in [0.3, 0.4) is 0 Å². The Morgan fingerprint density at radius 2 is 0.951 bits per heavy atom. The number of nitrogens with zero attached hydrogens (tertiary/aromatic N) is 2. The maximum Gasteiger partial charge on any atom is 0.0465 e. The van der Waals surface area contributed by atoms with Crippen LogP contribution < -0.4 is 9.80 Å². The Morgan fingerprint density at radius 3 is 1.51 bits per heavy atom. The Labute approximate surface area is 365 Å². The molecule has 0 aliphatic heterocycles. The summed E-state index contributed by atoms with van der Waals surface area (Å²) in [6, 6.07) is 66.3. The Hall–Kier alpha value is -5.86. The molecule has 2 nitrogen and oxygen atoms in total. The lowest BCUT2D eigenvalue weighted by Gasteiger charge is -2.36. The van der Waals surface area contributed by atoms with Gasteiger partial charge in [-0.15, -0.1) is 0 Å². The Morgan fingerprint density at radius 1 is 0.475 bits per heavy atom. The first-order chi connectivity index (χ1) is 29.9. The van der Waals surface area contributed by atoms with Gasteiger partial charge in [0.2, 0.25) is 0 Å². The van der Waals surface area contributed by atoms with Crippen molar-refractivity contribution in [1.29, 1.82) is 0 Å². The summed E-state index contributed by atoms with van der Waals surface area (Å²) in [7, 11) is 0. The van der Waals surface area contributed by atoms with Crippen molar-refractivity contribution in [2.45, 2.75) is 109 Å². The van der Waals surface area contributed by atoms with Crippen molar-refractivity contribution in [2.24, 2.45) is 0 Å². The van der Waals surface area contributed by atoms with Gasteiger partial charge in [0.15, 0.2) is 0 Å². The molecule has 2 aliphatic rings. The standard InChI is InChI=1S/C59H62N2/c1-5-7-19-42-59(6-2,46-30-36-51(37-31-46)60(48-22-13-9-14-23-48)49-24-15-10-16-25-49)47-32-38-52(39-33-47)61(50-34-28-45(29-35-50)44-20-11-8-12-21-44)53-40-41-55-54-26-17-18-27-56(54)58(3,4)57(55)43-53/h9-10,13-18,22-41,43-44H,5-8,11-12,19-21,42H2,1-4H3. The van der Waals surface area contributed by atoms with Gasteiger partial charge in [0.25, 0.3) is 0 Å². The molecule has 308 valence electrons. The molecule has 2 aliphatic carbocycles. The molecule has 1 unspecified atom stereocenters. The fourth-order valence-corrected chi connectivity index (χ4v) is 10.8. The largest absolute Gasteiger partial charge is 0.311 e. The SMILES string of the molecule is CCCCCC(CC)(c1ccc(N(c2ccccc2)c2ccccc2)cc1)c1ccc(N(c2ccc(C3CCCCC3)cc2)c2ccc3c(c2)C(C)(C)c2ccccc2-3)cc1. The third kappa shape index (κ3) is 7.83. The van der Waals surface area contributed by atoms with Gasteiger partial charge >= 0.3 is 0 Å². The molecule has 0 radical (unpaired) electrons. The van der Waals surface area contributed by atoms with Gasteiger partial charge in [-0.1, -0.05) is 169 Å². The molecule has 0 saturated heterocycles. The highest BCUT2D eigenvalue weighted by atomic mass is 15.1. The Balaban J connectivity index is 1.10. The van der Waals surface area contributed by atoms with Crippen molar-refractivity contribution >= 4 is 34.1 Å². The number of hydrogen-bond acceptors (Lipinski definition) is 2. The number of para-hydroxylation sites is 2. The van der Waals surface area contributed by atoms with Crippen LogP contribution in [-0.4, -0.2) is 0 Å². The Kier molecular flexibility index (Phi) is 11.7. The molecule has 7 aromatic carbocycles. The minimum absolute atomic E-state index is 0.0731. The van der Waals surface area contributed by atoms with Crippen LogP contribution in [0.15, 0.2) is 176 Å². The first-order valence-corrected chi connectivity index (χ1v) is 23.2. The summed E-state index contributed by atoms with van der Waals surface area (Å²) >= 11 is 0. The molecule has 9 rings (SSSR count). The molecule has 2 heteroatoms. The number of unbranched alkanes of at least 4 members (excludes halogenated alkanes) is 2. The van der Waals surface area contributed by atoms with Gasteiger partial charge in [0.05, 0.1) is 0 Å². The average molecular weight is 799 g/mol. The van der Waals surface area contributed by atoms with Crippen LogP contribution in [-0.2, 0) is 10.8 Å². The van der Waals surface area contributed by atoms with Crippen LogP contribution in [0.5, 0.6) is 0 Å². The molecular formula is C59H62N2. The van der Waals surface area contributed by atoms with E-state index in [0.29, 0.717) is 5.92 Å². The number of hydrogen-bond donors (Lipinski definition) is 0. The van der Waals surface area contributed by atoms with Gasteiger partial charge in [-0.05, 0) is 143 Å². The fourth-order valence-electron chi connectivity index (χ4n) is 10.8. The van der Waals surface area contributed by atoms with Gasteiger partial charge in [-0.25, -0.2) is 0 Å². The van der Waals surface area contributed by atoms with Crippen molar-refractivity contribution in [2.75, 3.05) is 9.80 Å². The van der Waals surface area contributed by atoms with Gasteiger partial charge < -0.3 is 9.80 Å². The van der Waals surface area contributed by atoms with E-state index in [1.54, 1.807) is 0 Å². The molecule has 0 heterocycles. The van der Waals surface area contributed by atoms with E-state index < -0.39 is 0 Å². The van der Waals surface area contributed by atoms with E-state index in [1.807, 2.05) is 0 Å². The maximum atomic E-state index is 2.50. The Bertz CT molecular complexity index is 2470. The highest BCUT2D eigenvalue weighted by Crippen LogP contribution is 2.51. The highest BCUT2D eigenvalue weighted by molar-refractivity contribution is 5.85. The topological polar surface area (TPSA) is 6.48 Å². The zero-order valence-corrected chi connectivity index (χ0v) is 36.8. The van der Waals surface area contributed by atoms with E-state index in [0.717, 1.165) is 24.2 Å². The quantitative estimate of drug-likeness (QED) is 0.101. The summed E-state index contributed by atoms with van der Waals surface area (Å²) in [6.45, 7) is 9.47. The molecule has 1 fully saturated rings. The third-order valence-electron chi connectivity index (χ3n) is 14.2. The third-order valence-corrected chi connectivity index (χ3v) is 14.2. The minimum Gasteiger partial charge on any atom is -0.311 e. The monoisotopic (exact) mass is 798 g/mol.